The number of fused-ring (bicyclic) bond motifs is 2. The van der Waals surface area contributed by atoms with Gasteiger partial charge in [0.2, 0.25) is 0 Å². The zero-order valence-corrected chi connectivity index (χ0v) is 11.9. The van der Waals surface area contributed by atoms with Crippen molar-refractivity contribution in [1.82, 2.24) is 9.97 Å². The molecule has 4 heteroatoms. The summed E-state index contributed by atoms with van der Waals surface area (Å²) in [6, 6.07) is 8.57. The molecule has 0 saturated carbocycles. The molecule has 102 valence electrons. The van der Waals surface area contributed by atoms with Crippen LogP contribution in [0, 0.1) is 0 Å². The van der Waals surface area contributed by atoms with E-state index in [1.807, 2.05) is 0 Å². The number of ether oxygens (including phenoxy) is 1. The molecule has 0 radical (unpaired) electrons. The molecule has 0 saturated heterocycles. The van der Waals surface area contributed by atoms with Crippen LogP contribution in [-0.4, -0.2) is 16.6 Å². The zero-order valence-electron chi connectivity index (χ0n) is 11.1. The molecule has 1 aromatic carbocycles. The zero-order chi connectivity index (χ0) is 13.5. The van der Waals surface area contributed by atoms with Gasteiger partial charge in [-0.3, -0.25) is 0 Å². The van der Waals surface area contributed by atoms with Crippen LogP contribution in [0.5, 0.6) is 0 Å². The molecule has 4 rings (SSSR count). The molecular weight excluding hydrogens is 272 g/mol. The first kappa shape index (κ1) is 12.3. The van der Waals surface area contributed by atoms with Crippen LogP contribution in [0.25, 0.3) is 0 Å². The summed E-state index contributed by atoms with van der Waals surface area (Å²) in [7, 11) is 0. The first-order chi connectivity index (χ1) is 9.83. The number of halogens is 1. The van der Waals surface area contributed by atoms with Gasteiger partial charge in [0.25, 0.3) is 0 Å². The number of rotatable bonds is 1. The maximum atomic E-state index is 6.32. The Labute approximate surface area is 123 Å². The van der Waals surface area contributed by atoms with E-state index >= 15 is 0 Å². The minimum Gasteiger partial charge on any atom is -0.376 e. The largest absolute Gasteiger partial charge is 0.376 e. The molecule has 0 N–H and O–H groups in total. The number of aromatic nitrogens is 2. The molecule has 1 aliphatic heterocycles. The molecule has 1 atom stereocenters. The second-order valence-electron chi connectivity index (χ2n) is 5.39. The van der Waals surface area contributed by atoms with Crippen molar-refractivity contribution in [2.45, 2.75) is 31.8 Å². The molecule has 1 unspecified atom stereocenters. The standard InChI is InChI=1S/C16H15ClN2O/c17-15-13-9-20-8-7-14(13)18-16(19-15)12-6-5-10-3-1-2-4-11(10)12/h1-4,12H,5-9H2. The van der Waals surface area contributed by atoms with Crippen LogP contribution in [0.1, 0.15) is 40.5 Å². The molecule has 20 heavy (non-hydrogen) atoms. The van der Waals surface area contributed by atoms with Gasteiger partial charge in [0.05, 0.1) is 18.9 Å². The number of benzene rings is 1. The van der Waals surface area contributed by atoms with Crippen LogP contribution < -0.4 is 0 Å². The van der Waals surface area contributed by atoms with E-state index in [9.17, 15) is 0 Å². The minimum absolute atomic E-state index is 0.289. The fraction of sp³-hybridized carbons (Fsp3) is 0.375. The second-order valence-corrected chi connectivity index (χ2v) is 5.75. The predicted molar refractivity (Wildman–Crippen MR) is 77.0 cm³/mol. The van der Waals surface area contributed by atoms with Crippen LogP contribution in [0.2, 0.25) is 5.15 Å². The molecule has 0 bridgehead atoms. The topological polar surface area (TPSA) is 35.0 Å². The molecule has 2 aromatic rings. The fourth-order valence-corrected chi connectivity index (χ4v) is 3.44. The maximum absolute atomic E-state index is 6.32. The highest BCUT2D eigenvalue weighted by Gasteiger charge is 2.28. The summed E-state index contributed by atoms with van der Waals surface area (Å²) in [5.74, 6) is 1.16. The first-order valence-corrected chi connectivity index (χ1v) is 7.41. The van der Waals surface area contributed by atoms with Gasteiger partial charge in [0, 0.05) is 17.9 Å². The van der Waals surface area contributed by atoms with Crippen LogP contribution >= 0.6 is 11.6 Å². The number of hydrogen-bond donors (Lipinski definition) is 0. The van der Waals surface area contributed by atoms with E-state index in [0.29, 0.717) is 11.8 Å². The van der Waals surface area contributed by atoms with Crippen molar-refractivity contribution in [3.8, 4) is 0 Å². The van der Waals surface area contributed by atoms with E-state index in [2.05, 4.69) is 29.2 Å². The fourth-order valence-electron chi connectivity index (χ4n) is 3.19. The molecule has 1 aliphatic carbocycles. The van der Waals surface area contributed by atoms with Crippen molar-refractivity contribution < 1.29 is 4.74 Å². The molecule has 0 spiro atoms. The summed E-state index contributed by atoms with van der Waals surface area (Å²) in [6.07, 6.45) is 3.01. The van der Waals surface area contributed by atoms with Crippen LogP contribution in [0.4, 0.5) is 0 Å². The van der Waals surface area contributed by atoms with E-state index in [4.69, 9.17) is 21.3 Å². The Bertz CT molecular complexity index is 672. The molecule has 3 nitrogen and oxygen atoms in total. The van der Waals surface area contributed by atoms with Crippen molar-refractivity contribution in [3.05, 3.63) is 57.6 Å². The van der Waals surface area contributed by atoms with Gasteiger partial charge < -0.3 is 4.74 Å². The lowest BCUT2D eigenvalue weighted by molar-refractivity contribution is 0.108. The molecular formula is C16H15ClN2O. The van der Waals surface area contributed by atoms with Gasteiger partial charge >= 0.3 is 0 Å². The summed E-state index contributed by atoms with van der Waals surface area (Å²) >= 11 is 6.32. The monoisotopic (exact) mass is 286 g/mol. The SMILES string of the molecule is Clc1nc(C2CCc3ccccc32)nc2c1COCC2. The van der Waals surface area contributed by atoms with Gasteiger partial charge in [-0.2, -0.15) is 0 Å². The second kappa shape index (κ2) is 4.83. The highest BCUT2D eigenvalue weighted by molar-refractivity contribution is 6.30. The van der Waals surface area contributed by atoms with Crippen molar-refractivity contribution in [3.63, 3.8) is 0 Å². The number of aryl methyl sites for hydroxylation is 1. The van der Waals surface area contributed by atoms with Gasteiger partial charge in [-0.25, -0.2) is 9.97 Å². The third-order valence-electron chi connectivity index (χ3n) is 4.23. The first-order valence-electron chi connectivity index (χ1n) is 7.03. The maximum Gasteiger partial charge on any atom is 0.138 e. The Morgan fingerprint density at radius 1 is 1.15 bits per heavy atom. The van der Waals surface area contributed by atoms with Crippen LogP contribution in [0.3, 0.4) is 0 Å². The highest BCUT2D eigenvalue weighted by Crippen LogP contribution is 2.37. The summed E-state index contributed by atoms with van der Waals surface area (Å²) in [6.45, 7) is 1.26. The number of nitrogens with zero attached hydrogens (tertiary/aromatic N) is 2. The van der Waals surface area contributed by atoms with Gasteiger partial charge in [-0.05, 0) is 24.0 Å². The van der Waals surface area contributed by atoms with Gasteiger partial charge in [-0.15, -0.1) is 0 Å². The molecule has 2 heterocycles. The van der Waals surface area contributed by atoms with E-state index in [0.717, 1.165) is 43.0 Å². The minimum atomic E-state index is 0.289. The summed E-state index contributed by atoms with van der Waals surface area (Å²) in [4.78, 5) is 9.32. The van der Waals surface area contributed by atoms with Crippen molar-refractivity contribution in [2.24, 2.45) is 0 Å². The average Bonchev–Trinajstić information content (AvgIpc) is 2.91. The Hall–Kier alpha value is -1.45. The Balaban J connectivity index is 1.79. The summed E-state index contributed by atoms with van der Waals surface area (Å²) in [5.41, 5.74) is 4.80. The quantitative estimate of drug-likeness (QED) is 0.755. The molecule has 1 aromatic heterocycles. The molecule has 0 amide bonds. The molecule has 0 fully saturated rings. The molecule has 2 aliphatic rings. The van der Waals surface area contributed by atoms with Gasteiger partial charge in [0.1, 0.15) is 11.0 Å². The van der Waals surface area contributed by atoms with Crippen molar-refractivity contribution in [1.29, 1.82) is 0 Å². The summed E-state index contributed by atoms with van der Waals surface area (Å²) in [5, 5.41) is 0.564. The normalized spacial score (nSPS) is 20.6. The van der Waals surface area contributed by atoms with Crippen LogP contribution in [-0.2, 0) is 24.2 Å². The Kier molecular flexibility index (Phi) is 2.97. The third kappa shape index (κ3) is 1.93. The highest BCUT2D eigenvalue weighted by atomic mass is 35.5. The lowest BCUT2D eigenvalue weighted by Crippen LogP contribution is -2.16. The number of hydrogen-bond acceptors (Lipinski definition) is 3. The van der Waals surface area contributed by atoms with E-state index in [1.165, 1.54) is 11.1 Å². The van der Waals surface area contributed by atoms with Crippen molar-refractivity contribution in [2.75, 3.05) is 6.61 Å². The average molecular weight is 287 g/mol. The smallest absolute Gasteiger partial charge is 0.138 e. The van der Waals surface area contributed by atoms with Crippen molar-refractivity contribution >= 4 is 11.6 Å². The van der Waals surface area contributed by atoms with Crippen LogP contribution in [0.15, 0.2) is 24.3 Å². The summed E-state index contributed by atoms with van der Waals surface area (Å²) < 4.78 is 5.43. The van der Waals surface area contributed by atoms with E-state index in [-0.39, 0.29) is 5.92 Å². The predicted octanol–water partition coefficient (Wildman–Crippen LogP) is 3.28. The lowest BCUT2D eigenvalue weighted by Gasteiger charge is -2.19. The van der Waals surface area contributed by atoms with E-state index in [1.54, 1.807) is 0 Å². The Morgan fingerprint density at radius 3 is 3.00 bits per heavy atom. The van der Waals surface area contributed by atoms with Gasteiger partial charge in [-0.1, -0.05) is 35.9 Å². The van der Waals surface area contributed by atoms with Gasteiger partial charge in [0.15, 0.2) is 0 Å². The lowest BCUT2D eigenvalue weighted by atomic mass is 10.00. The Morgan fingerprint density at radius 2 is 2.05 bits per heavy atom. The van der Waals surface area contributed by atoms with E-state index < -0.39 is 0 Å². The third-order valence-corrected chi connectivity index (χ3v) is 4.55.